The maximum Gasteiger partial charge on any atom is 0.150 e. The van der Waals surface area contributed by atoms with Gasteiger partial charge in [0.1, 0.15) is 4.34 Å². The van der Waals surface area contributed by atoms with Crippen molar-refractivity contribution in [3.63, 3.8) is 0 Å². The predicted octanol–water partition coefficient (Wildman–Crippen LogP) is 3.85. The summed E-state index contributed by atoms with van der Waals surface area (Å²) in [5, 5.41) is 6.58. The van der Waals surface area contributed by atoms with Crippen molar-refractivity contribution >= 4 is 23.1 Å². The smallest absolute Gasteiger partial charge is 0.150 e. The van der Waals surface area contributed by atoms with Crippen LogP contribution in [0.4, 0.5) is 0 Å². The van der Waals surface area contributed by atoms with Gasteiger partial charge in [-0.15, -0.1) is 11.3 Å². The first-order chi connectivity index (χ1) is 8.29. The highest BCUT2D eigenvalue weighted by Crippen LogP contribution is 2.35. The molecule has 96 valence electrons. The second-order valence-electron chi connectivity index (χ2n) is 4.76. The highest BCUT2D eigenvalue weighted by atomic mass is 32.2. The van der Waals surface area contributed by atoms with Gasteiger partial charge in [0, 0.05) is 22.4 Å². The lowest BCUT2D eigenvalue weighted by Gasteiger charge is -2.31. The zero-order valence-electron chi connectivity index (χ0n) is 10.7. The van der Waals surface area contributed by atoms with Gasteiger partial charge in [0.05, 0.1) is 0 Å². The number of hydrogen-bond donors (Lipinski definition) is 1. The Bertz CT molecular complexity index is 338. The summed E-state index contributed by atoms with van der Waals surface area (Å²) in [6.45, 7) is 5.47. The fourth-order valence-corrected chi connectivity index (χ4v) is 4.71. The molecule has 1 aromatic heterocycles. The van der Waals surface area contributed by atoms with Gasteiger partial charge in [0.15, 0.2) is 0 Å². The van der Waals surface area contributed by atoms with Gasteiger partial charge in [0.25, 0.3) is 0 Å². The molecule has 0 amide bonds. The van der Waals surface area contributed by atoms with E-state index in [9.17, 15) is 0 Å². The standard InChI is InChI=1S/C13H22N2S2/c1-3-8-14-11-6-4-5-7-12(11)17-13-15-10(2)9-16-13/h9,11-12,14H,3-8H2,1-2H3. The first kappa shape index (κ1) is 13.4. The molecule has 0 radical (unpaired) electrons. The molecule has 1 N–H and O–H groups in total. The largest absolute Gasteiger partial charge is 0.313 e. The summed E-state index contributed by atoms with van der Waals surface area (Å²) in [5.41, 5.74) is 1.16. The van der Waals surface area contributed by atoms with Crippen molar-refractivity contribution in [1.82, 2.24) is 10.3 Å². The van der Waals surface area contributed by atoms with E-state index in [0.29, 0.717) is 6.04 Å². The Morgan fingerprint density at radius 3 is 3.00 bits per heavy atom. The molecule has 0 spiro atoms. The summed E-state index contributed by atoms with van der Waals surface area (Å²) in [5.74, 6) is 0. The Morgan fingerprint density at radius 2 is 2.29 bits per heavy atom. The second-order valence-corrected chi connectivity index (χ2v) is 7.10. The van der Waals surface area contributed by atoms with Crippen LogP contribution in [0.15, 0.2) is 9.72 Å². The molecule has 1 fully saturated rings. The molecule has 2 unspecified atom stereocenters. The third kappa shape index (κ3) is 3.97. The Labute approximate surface area is 113 Å². The third-order valence-electron chi connectivity index (χ3n) is 3.21. The van der Waals surface area contributed by atoms with E-state index in [1.54, 1.807) is 11.3 Å². The molecule has 1 aliphatic carbocycles. The predicted molar refractivity (Wildman–Crippen MR) is 77.0 cm³/mol. The van der Waals surface area contributed by atoms with Crippen LogP contribution < -0.4 is 5.32 Å². The van der Waals surface area contributed by atoms with Crippen LogP contribution in [0, 0.1) is 6.92 Å². The molecule has 2 atom stereocenters. The van der Waals surface area contributed by atoms with E-state index in [1.165, 1.54) is 36.4 Å². The SMILES string of the molecule is CCCNC1CCCCC1Sc1nc(C)cs1. The molecule has 2 rings (SSSR count). The van der Waals surface area contributed by atoms with Crippen LogP contribution >= 0.6 is 23.1 Å². The van der Waals surface area contributed by atoms with E-state index in [0.717, 1.165) is 17.5 Å². The minimum atomic E-state index is 0.693. The van der Waals surface area contributed by atoms with Crippen molar-refractivity contribution in [2.24, 2.45) is 0 Å². The fraction of sp³-hybridized carbons (Fsp3) is 0.769. The van der Waals surface area contributed by atoms with Gasteiger partial charge in [-0.3, -0.25) is 0 Å². The normalized spacial score (nSPS) is 25.1. The Hall–Kier alpha value is -0.0600. The summed E-state index contributed by atoms with van der Waals surface area (Å²) in [4.78, 5) is 4.57. The lowest BCUT2D eigenvalue weighted by atomic mass is 9.95. The first-order valence-corrected chi connectivity index (χ1v) is 8.37. The molecule has 17 heavy (non-hydrogen) atoms. The summed E-state index contributed by atoms with van der Waals surface area (Å²) >= 11 is 3.78. The number of aromatic nitrogens is 1. The summed E-state index contributed by atoms with van der Waals surface area (Å²) in [7, 11) is 0. The topological polar surface area (TPSA) is 24.9 Å². The van der Waals surface area contributed by atoms with Gasteiger partial charge >= 0.3 is 0 Å². The van der Waals surface area contributed by atoms with Gasteiger partial charge in [-0.2, -0.15) is 0 Å². The first-order valence-electron chi connectivity index (χ1n) is 6.61. The van der Waals surface area contributed by atoms with Crippen LogP contribution in [-0.4, -0.2) is 22.8 Å². The van der Waals surface area contributed by atoms with Gasteiger partial charge < -0.3 is 5.32 Å². The maximum atomic E-state index is 4.57. The average molecular weight is 270 g/mol. The number of thiazole rings is 1. The van der Waals surface area contributed by atoms with Gasteiger partial charge in [-0.05, 0) is 32.7 Å². The lowest BCUT2D eigenvalue weighted by Crippen LogP contribution is -2.40. The van der Waals surface area contributed by atoms with Crippen LogP contribution in [-0.2, 0) is 0 Å². The van der Waals surface area contributed by atoms with E-state index in [1.807, 2.05) is 11.8 Å². The molecule has 1 aliphatic rings. The van der Waals surface area contributed by atoms with Crippen molar-refractivity contribution in [1.29, 1.82) is 0 Å². The summed E-state index contributed by atoms with van der Waals surface area (Å²) < 4.78 is 1.25. The molecular formula is C13H22N2S2. The molecule has 2 nitrogen and oxygen atoms in total. The molecule has 4 heteroatoms. The molecule has 0 bridgehead atoms. The molecule has 1 aromatic rings. The molecule has 0 aromatic carbocycles. The number of nitrogens with one attached hydrogen (secondary N) is 1. The van der Waals surface area contributed by atoms with Crippen LogP contribution in [0.2, 0.25) is 0 Å². The minimum Gasteiger partial charge on any atom is -0.313 e. The van der Waals surface area contributed by atoms with Crippen molar-refractivity contribution < 1.29 is 0 Å². The van der Waals surface area contributed by atoms with E-state index < -0.39 is 0 Å². The highest BCUT2D eigenvalue weighted by molar-refractivity contribution is 8.01. The highest BCUT2D eigenvalue weighted by Gasteiger charge is 2.26. The molecule has 1 heterocycles. The Kier molecular flexibility index (Phi) is 5.32. The van der Waals surface area contributed by atoms with E-state index in [-0.39, 0.29) is 0 Å². The van der Waals surface area contributed by atoms with Gasteiger partial charge in [-0.1, -0.05) is 31.5 Å². The van der Waals surface area contributed by atoms with Crippen LogP contribution in [0.3, 0.4) is 0 Å². The van der Waals surface area contributed by atoms with Crippen molar-refractivity contribution in [3.05, 3.63) is 11.1 Å². The van der Waals surface area contributed by atoms with Crippen molar-refractivity contribution in [3.8, 4) is 0 Å². The third-order valence-corrected chi connectivity index (χ3v) is 5.70. The van der Waals surface area contributed by atoms with Crippen molar-refractivity contribution in [2.75, 3.05) is 6.54 Å². The van der Waals surface area contributed by atoms with Crippen LogP contribution in [0.25, 0.3) is 0 Å². The quantitative estimate of drug-likeness (QED) is 0.879. The van der Waals surface area contributed by atoms with E-state index in [2.05, 4.69) is 29.5 Å². The Morgan fingerprint density at radius 1 is 1.47 bits per heavy atom. The number of aryl methyl sites for hydroxylation is 1. The number of nitrogens with zero attached hydrogens (tertiary/aromatic N) is 1. The maximum absolute atomic E-state index is 4.57. The number of rotatable bonds is 5. The average Bonchev–Trinajstić information content (AvgIpc) is 2.74. The van der Waals surface area contributed by atoms with Crippen molar-refractivity contribution in [2.45, 2.75) is 61.6 Å². The monoisotopic (exact) mass is 270 g/mol. The van der Waals surface area contributed by atoms with Crippen LogP contribution in [0.5, 0.6) is 0 Å². The van der Waals surface area contributed by atoms with Crippen LogP contribution in [0.1, 0.15) is 44.7 Å². The van der Waals surface area contributed by atoms with Gasteiger partial charge in [-0.25, -0.2) is 4.98 Å². The zero-order chi connectivity index (χ0) is 12.1. The summed E-state index contributed by atoms with van der Waals surface area (Å²) in [6.07, 6.45) is 6.67. The Balaban J connectivity index is 1.91. The lowest BCUT2D eigenvalue weighted by molar-refractivity contribution is 0.384. The minimum absolute atomic E-state index is 0.693. The molecule has 0 saturated heterocycles. The fourth-order valence-electron chi connectivity index (χ4n) is 2.32. The van der Waals surface area contributed by atoms with E-state index >= 15 is 0 Å². The molecular weight excluding hydrogens is 248 g/mol. The van der Waals surface area contributed by atoms with E-state index in [4.69, 9.17) is 0 Å². The molecule has 0 aliphatic heterocycles. The second kappa shape index (κ2) is 6.76. The zero-order valence-corrected chi connectivity index (χ0v) is 12.4. The number of thioether (sulfide) groups is 1. The van der Waals surface area contributed by atoms with Gasteiger partial charge in [0.2, 0.25) is 0 Å². The molecule has 1 saturated carbocycles. The number of hydrogen-bond acceptors (Lipinski definition) is 4. The summed E-state index contributed by atoms with van der Waals surface area (Å²) in [6, 6.07) is 0.693.